The van der Waals surface area contributed by atoms with Gasteiger partial charge in [0, 0.05) is 50.2 Å². The molecule has 0 heterocycles. The first-order valence-corrected chi connectivity index (χ1v) is 15.6. The first kappa shape index (κ1) is 31.9. The van der Waals surface area contributed by atoms with E-state index >= 15 is 0 Å². The first-order chi connectivity index (χ1) is 19.6. The highest BCUT2D eigenvalue weighted by molar-refractivity contribution is 7.90. The van der Waals surface area contributed by atoms with Crippen molar-refractivity contribution < 1.29 is 22.8 Å². The standard InChI is InChI=1S/C31H37N3O5S2/c1-3-9-31(37)34(19-18-30(36)32-21-27(40)20-24-10-5-4-6-11-24)22-25-14-16-26(17-15-25)28-12-7-8-13-29(28)41(38,39)33-23(2)35/h4-8,10-17,27,40H,3,9,18-22H2,1-2H3,(H,32,36)(H,33,35)/t27-/m1/s1. The average Bonchev–Trinajstić information content (AvgIpc) is 2.94. The minimum Gasteiger partial charge on any atom is -0.355 e. The van der Waals surface area contributed by atoms with Crippen molar-refractivity contribution in [1.29, 1.82) is 0 Å². The van der Waals surface area contributed by atoms with Gasteiger partial charge in [-0.05, 0) is 35.6 Å². The van der Waals surface area contributed by atoms with E-state index in [1.165, 1.54) is 6.07 Å². The number of nitrogens with one attached hydrogen (secondary N) is 2. The number of benzene rings is 3. The van der Waals surface area contributed by atoms with Crippen LogP contribution in [0.3, 0.4) is 0 Å². The number of amides is 3. The highest BCUT2D eigenvalue weighted by Gasteiger charge is 2.21. The molecule has 1 atom stereocenters. The van der Waals surface area contributed by atoms with E-state index in [2.05, 4.69) is 17.9 Å². The summed E-state index contributed by atoms with van der Waals surface area (Å²) in [6, 6.07) is 23.6. The lowest BCUT2D eigenvalue weighted by atomic mass is 10.0. The van der Waals surface area contributed by atoms with Crippen LogP contribution in [-0.4, -0.2) is 49.4 Å². The van der Waals surface area contributed by atoms with Crippen molar-refractivity contribution in [1.82, 2.24) is 14.9 Å². The van der Waals surface area contributed by atoms with E-state index in [9.17, 15) is 22.8 Å². The van der Waals surface area contributed by atoms with Gasteiger partial charge in [-0.1, -0.05) is 79.7 Å². The van der Waals surface area contributed by atoms with Gasteiger partial charge in [0.2, 0.25) is 17.7 Å². The van der Waals surface area contributed by atoms with Crippen molar-refractivity contribution in [2.24, 2.45) is 0 Å². The molecule has 218 valence electrons. The summed E-state index contributed by atoms with van der Waals surface area (Å²) < 4.78 is 27.3. The maximum Gasteiger partial charge on any atom is 0.264 e. The number of carbonyl (C=O) groups is 3. The Balaban J connectivity index is 1.63. The highest BCUT2D eigenvalue weighted by atomic mass is 32.2. The fourth-order valence-electron chi connectivity index (χ4n) is 4.37. The lowest BCUT2D eigenvalue weighted by molar-refractivity contribution is -0.132. The Labute approximate surface area is 248 Å². The van der Waals surface area contributed by atoms with Crippen molar-refractivity contribution >= 4 is 40.4 Å². The molecule has 3 aromatic carbocycles. The highest BCUT2D eigenvalue weighted by Crippen LogP contribution is 2.27. The fourth-order valence-corrected chi connectivity index (χ4v) is 5.90. The molecular weight excluding hydrogens is 558 g/mol. The van der Waals surface area contributed by atoms with Crippen LogP contribution in [0.4, 0.5) is 0 Å². The Morgan fingerprint density at radius 2 is 1.54 bits per heavy atom. The third kappa shape index (κ3) is 10.1. The third-order valence-electron chi connectivity index (χ3n) is 6.37. The number of carbonyl (C=O) groups excluding carboxylic acids is 3. The normalized spacial score (nSPS) is 11.9. The Hall–Kier alpha value is -3.63. The number of nitrogens with zero attached hydrogens (tertiary/aromatic N) is 1. The van der Waals surface area contributed by atoms with Gasteiger partial charge in [0.1, 0.15) is 0 Å². The average molecular weight is 596 g/mol. The van der Waals surface area contributed by atoms with Crippen molar-refractivity contribution in [2.75, 3.05) is 13.1 Å². The van der Waals surface area contributed by atoms with E-state index in [0.29, 0.717) is 37.1 Å². The second-order valence-electron chi connectivity index (χ2n) is 9.82. The Kier molecular flexibility index (Phi) is 12.0. The summed E-state index contributed by atoms with van der Waals surface area (Å²) in [5.41, 5.74) is 3.11. The molecule has 41 heavy (non-hydrogen) atoms. The van der Waals surface area contributed by atoms with Crippen LogP contribution in [0.5, 0.6) is 0 Å². The van der Waals surface area contributed by atoms with Crippen LogP contribution < -0.4 is 10.0 Å². The van der Waals surface area contributed by atoms with Crippen LogP contribution in [0.15, 0.2) is 83.8 Å². The van der Waals surface area contributed by atoms with Crippen LogP contribution in [0.1, 0.15) is 44.2 Å². The van der Waals surface area contributed by atoms with E-state index in [1.807, 2.05) is 54.1 Å². The van der Waals surface area contributed by atoms with Gasteiger partial charge in [-0.3, -0.25) is 14.4 Å². The molecule has 8 nitrogen and oxygen atoms in total. The van der Waals surface area contributed by atoms with E-state index in [4.69, 9.17) is 0 Å². The molecule has 2 N–H and O–H groups in total. The summed E-state index contributed by atoms with van der Waals surface area (Å²) in [6.07, 6.45) is 1.99. The summed E-state index contributed by atoms with van der Waals surface area (Å²) in [4.78, 5) is 38.5. The Bertz CT molecular complexity index is 1430. The minimum atomic E-state index is -4.02. The molecular formula is C31H37N3O5S2. The molecule has 0 bridgehead atoms. The molecule has 0 spiro atoms. The van der Waals surface area contributed by atoms with Crippen LogP contribution in [0.2, 0.25) is 0 Å². The lowest BCUT2D eigenvalue weighted by Crippen LogP contribution is -2.36. The largest absolute Gasteiger partial charge is 0.355 e. The van der Waals surface area contributed by atoms with E-state index in [0.717, 1.165) is 24.5 Å². The molecule has 0 aromatic heterocycles. The molecule has 0 aliphatic rings. The van der Waals surface area contributed by atoms with Crippen molar-refractivity contribution in [3.05, 3.63) is 90.0 Å². The zero-order valence-corrected chi connectivity index (χ0v) is 25.1. The number of hydrogen-bond donors (Lipinski definition) is 3. The summed E-state index contributed by atoms with van der Waals surface area (Å²) in [7, 11) is -4.02. The monoisotopic (exact) mass is 595 g/mol. The van der Waals surface area contributed by atoms with Crippen molar-refractivity contribution in [3.63, 3.8) is 0 Å². The predicted octanol–water partition coefficient (Wildman–Crippen LogP) is 4.35. The number of rotatable bonds is 14. The molecule has 0 radical (unpaired) electrons. The van der Waals surface area contributed by atoms with E-state index in [-0.39, 0.29) is 34.9 Å². The molecule has 0 aliphatic heterocycles. The molecule has 0 fully saturated rings. The van der Waals surface area contributed by atoms with Gasteiger partial charge < -0.3 is 10.2 Å². The summed E-state index contributed by atoms with van der Waals surface area (Å²) in [5.74, 6) is -0.843. The molecule has 0 unspecified atom stereocenters. The van der Waals surface area contributed by atoms with Gasteiger partial charge in [-0.15, -0.1) is 0 Å². The van der Waals surface area contributed by atoms with Crippen LogP contribution in [0.25, 0.3) is 11.1 Å². The Morgan fingerprint density at radius 1 is 0.878 bits per heavy atom. The number of hydrogen-bond acceptors (Lipinski definition) is 6. The first-order valence-electron chi connectivity index (χ1n) is 13.6. The summed E-state index contributed by atoms with van der Waals surface area (Å²) in [5, 5.41) is 2.90. The molecule has 3 amide bonds. The smallest absolute Gasteiger partial charge is 0.264 e. The van der Waals surface area contributed by atoms with Gasteiger partial charge in [-0.2, -0.15) is 12.6 Å². The van der Waals surface area contributed by atoms with Crippen LogP contribution in [0, 0.1) is 0 Å². The second kappa shape index (κ2) is 15.4. The molecule has 3 aromatic rings. The number of thiol groups is 1. The van der Waals surface area contributed by atoms with E-state index in [1.54, 1.807) is 35.2 Å². The van der Waals surface area contributed by atoms with Gasteiger partial charge >= 0.3 is 0 Å². The molecule has 10 heteroatoms. The maximum atomic E-state index is 12.8. The quantitative estimate of drug-likeness (QED) is 0.240. The summed E-state index contributed by atoms with van der Waals surface area (Å²) >= 11 is 4.59. The van der Waals surface area contributed by atoms with Crippen LogP contribution in [-0.2, 0) is 37.4 Å². The molecule has 0 aliphatic carbocycles. The Morgan fingerprint density at radius 3 is 2.20 bits per heavy atom. The molecule has 0 saturated carbocycles. The van der Waals surface area contributed by atoms with Gasteiger partial charge in [-0.25, -0.2) is 13.1 Å². The van der Waals surface area contributed by atoms with Gasteiger partial charge in [0.15, 0.2) is 0 Å². The zero-order chi connectivity index (χ0) is 29.8. The third-order valence-corrected chi connectivity index (χ3v) is 8.22. The summed E-state index contributed by atoms with van der Waals surface area (Å²) in [6.45, 7) is 4.11. The topological polar surface area (TPSA) is 113 Å². The maximum absolute atomic E-state index is 12.8. The fraction of sp³-hybridized carbons (Fsp3) is 0.323. The van der Waals surface area contributed by atoms with Crippen LogP contribution >= 0.6 is 12.6 Å². The zero-order valence-electron chi connectivity index (χ0n) is 23.4. The lowest BCUT2D eigenvalue weighted by Gasteiger charge is -2.23. The van der Waals surface area contributed by atoms with Crippen molar-refractivity contribution in [3.8, 4) is 11.1 Å². The predicted molar refractivity (Wildman–Crippen MR) is 164 cm³/mol. The second-order valence-corrected chi connectivity index (χ2v) is 12.2. The number of sulfonamides is 1. The van der Waals surface area contributed by atoms with E-state index < -0.39 is 15.9 Å². The van der Waals surface area contributed by atoms with Gasteiger partial charge in [0.25, 0.3) is 10.0 Å². The SMILES string of the molecule is CCCC(=O)N(CCC(=O)NC[C@H](S)Cc1ccccc1)Cc1ccc(-c2ccccc2S(=O)(=O)NC(C)=O)cc1. The molecule has 0 saturated heterocycles. The minimum absolute atomic E-state index is 0.000864. The van der Waals surface area contributed by atoms with Crippen molar-refractivity contribution in [2.45, 2.75) is 56.2 Å². The molecule has 3 rings (SSSR count). The van der Waals surface area contributed by atoms with Gasteiger partial charge in [0.05, 0.1) is 4.90 Å².